The Morgan fingerprint density at radius 1 is 1.06 bits per heavy atom. The molecule has 0 saturated heterocycles. The largest absolute Gasteiger partial charge is 0.207 e. The van der Waals surface area contributed by atoms with Gasteiger partial charge >= 0.3 is 0 Å². The van der Waals surface area contributed by atoms with Crippen LogP contribution in [0.4, 0.5) is 8.78 Å². The molecule has 94 valence electrons. The predicted molar refractivity (Wildman–Crippen MR) is 70.2 cm³/mol. The van der Waals surface area contributed by atoms with Crippen LogP contribution in [0.15, 0.2) is 36.4 Å². The fourth-order valence-electron chi connectivity index (χ4n) is 1.77. The summed E-state index contributed by atoms with van der Waals surface area (Å²) in [5, 5.41) is -0.120. The summed E-state index contributed by atoms with van der Waals surface area (Å²) in [6, 6.07) is 8.63. The second kappa shape index (κ2) is 5.25. The van der Waals surface area contributed by atoms with E-state index in [9.17, 15) is 8.78 Å². The van der Waals surface area contributed by atoms with Crippen molar-refractivity contribution in [2.75, 3.05) is 0 Å². The minimum Gasteiger partial charge on any atom is -0.207 e. The molecule has 0 heterocycles. The van der Waals surface area contributed by atoms with Crippen molar-refractivity contribution < 1.29 is 8.78 Å². The minimum atomic E-state index is -0.690. The molecular formula is C14H10Cl2F2. The topological polar surface area (TPSA) is 0 Å². The van der Waals surface area contributed by atoms with Crippen LogP contribution in [0.3, 0.4) is 0 Å². The molecule has 0 fully saturated rings. The number of benzene rings is 2. The van der Waals surface area contributed by atoms with E-state index in [-0.39, 0.29) is 5.56 Å². The normalized spacial score (nSPS) is 12.5. The number of alkyl halides is 1. The Hall–Kier alpha value is -1.12. The molecule has 0 amide bonds. The van der Waals surface area contributed by atoms with E-state index in [2.05, 4.69) is 0 Å². The van der Waals surface area contributed by atoms with Gasteiger partial charge in [-0.15, -0.1) is 11.6 Å². The molecule has 2 rings (SSSR count). The van der Waals surface area contributed by atoms with Gasteiger partial charge in [-0.25, -0.2) is 8.78 Å². The zero-order valence-corrected chi connectivity index (χ0v) is 11.1. The van der Waals surface area contributed by atoms with Crippen LogP contribution in [0.2, 0.25) is 5.02 Å². The van der Waals surface area contributed by atoms with Crippen LogP contribution >= 0.6 is 23.2 Å². The van der Waals surface area contributed by atoms with Gasteiger partial charge in [-0.3, -0.25) is 0 Å². The van der Waals surface area contributed by atoms with Crippen LogP contribution in [0.25, 0.3) is 0 Å². The molecule has 2 aromatic carbocycles. The van der Waals surface area contributed by atoms with Crippen molar-refractivity contribution in [3.63, 3.8) is 0 Å². The maximum atomic E-state index is 13.7. The van der Waals surface area contributed by atoms with Crippen molar-refractivity contribution in [1.82, 2.24) is 0 Å². The van der Waals surface area contributed by atoms with E-state index >= 15 is 0 Å². The second-order valence-electron chi connectivity index (χ2n) is 3.98. The van der Waals surface area contributed by atoms with Gasteiger partial charge in [-0.2, -0.15) is 0 Å². The SMILES string of the molecule is Cc1c(Cl)cccc1C(Cl)c1ccc(F)cc1F. The van der Waals surface area contributed by atoms with Crippen LogP contribution < -0.4 is 0 Å². The molecule has 0 aromatic heterocycles. The van der Waals surface area contributed by atoms with Gasteiger partial charge in [-0.05, 0) is 30.2 Å². The van der Waals surface area contributed by atoms with Gasteiger partial charge in [0.25, 0.3) is 0 Å². The molecule has 4 heteroatoms. The summed E-state index contributed by atoms with van der Waals surface area (Å²) in [5.41, 5.74) is 1.75. The first-order valence-electron chi connectivity index (χ1n) is 5.34. The molecule has 18 heavy (non-hydrogen) atoms. The van der Waals surface area contributed by atoms with Crippen LogP contribution in [0.1, 0.15) is 22.1 Å². The Kier molecular flexibility index (Phi) is 3.88. The first kappa shape index (κ1) is 13.3. The Labute approximate surface area is 114 Å². The summed E-state index contributed by atoms with van der Waals surface area (Å²) >= 11 is 12.2. The van der Waals surface area contributed by atoms with Crippen molar-refractivity contribution in [3.8, 4) is 0 Å². The van der Waals surface area contributed by atoms with Gasteiger partial charge in [0.15, 0.2) is 0 Å². The fraction of sp³-hybridized carbons (Fsp3) is 0.143. The van der Waals surface area contributed by atoms with Gasteiger partial charge in [-0.1, -0.05) is 29.8 Å². The first-order valence-corrected chi connectivity index (χ1v) is 6.16. The van der Waals surface area contributed by atoms with Crippen molar-refractivity contribution >= 4 is 23.2 Å². The minimum absolute atomic E-state index is 0.239. The lowest BCUT2D eigenvalue weighted by atomic mass is 9.99. The second-order valence-corrected chi connectivity index (χ2v) is 4.83. The van der Waals surface area contributed by atoms with Crippen LogP contribution in [-0.2, 0) is 0 Å². The number of hydrogen-bond acceptors (Lipinski definition) is 0. The van der Waals surface area contributed by atoms with Crippen molar-refractivity contribution in [2.45, 2.75) is 12.3 Å². The Morgan fingerprint density at radius 3 is 2.44 bits per heavy atom. The molecule has 0 saturated carbocycles. The summed E-state index contributed by atoms with van der Waals surface area (Å²) in [6.07, 6.45) is 0. The molecule has 0 N–H and O–H groups in total. The zero-order valence-electron chi connectivity index (χ0n) is 9.55. The molecule has 1 unspecified atom stereocenters. The van der Waals surface area contributed by atoms with Gasteiger partial charge in [0.1, 0.15) is 11.6 Å². The van der Waals surface area contributed by atoms with Crippen molar-refractivity contribution in [3.05, 3.63) is 69.7 Å². The summed E-state index contributed by atoms with van der Waals surface area (Å²) in [4.78, 5) is 0. The Morgan fingerprint density at radius 2 is 1.78 bits per heavy atom. The Balaban J connectivity index is 2.48. The molecule has 0 spiro atoms. The molecular weight excluding hydrogens is 277 g/mol. The van der Waals surface area contributed by atoms with Crippen molar-refractivity contribution in [1.29, 1.82) is 0 Å². The highest BCUT2D eigenvalue weighted by Gasteiger charge is 2.18. The zero-order chi connectivity index (χ0) is 13.3. The summed E-state index contributed by atoms with van der Waals surface area (Å²) in [7, 11) is 0. The maximum Gasteiger partial charge on any atom is 0.131 e. The van der Waals surface area contributed by atoms with Gasteiger partial charge in [0.2, 0.25) is 0 Å². The highest BCUT2D eigenvalue weighted by Crippen LogP contribution is 2.34. The van der Waals surface area contributed by atoms with E-state index in [4.69, 9.17) is 23.2 Å². The fourth-order valence-corrected chi connectivity index (χ4v) is 2.37. The van der Waals surface area contributed by atoms with E-state index in [1.54, 1.807) is 18.2 Å². The predicted octanol–water partition coefficient (Wildman–Crippen LogP) is 5.25. The highest BCUT2D eigenvalue weighted by atomic mass is 35.5. The third kappa shape index (κ3) is 2.50. The van der Waals surface area contributed by atoms with E-state index in [0.29, 0.717) is 5.02 Å². The maximum absolute atomic E-state index is 13.7. The molecule has 0 radical (unpaired) electrons. The highest BCUT2D eigenvalue weighted by molar-refractivity contribution is 6.31. The van der Waals surface area contributed by atoms with Crippen LogP contribution in [0.5, 0.6) is 0 Å². The molecule has 0 bridgehead atoms. The third-order valence-electron chi connectivity index (χ3n) is 2.82. The lowest BCUT2D eigenvalue weighted by Gasteiger charge is -2.14. The van der Waals surface area contributed by atoms with E-state index in [1.165, 1.54) is 12.1 Å². The molecule has 0 aliphatic heterocycles. The number of rotatable bonds is 2. The van der Waals surface area contributed by atoms with Gasteiger partial charge < -0.3 is 0 Å². The van der Waals surface area contributed by atoms with Crippen LogP contribution in [-0.4, -0.2) is 0 Å². The standard InChI is InChI=1S/C14H10Cl2F2/c1-8-10(3-2-4-12(8)15)14(16)11-6-5-9(17)7-13(11)18/h2-7,14H,1H3. The first-order chi connectivity index (χ1) is 8.50. The molecule has 0 aliphatic rings. The summed E-state index contributed by atoms with van der Waals surface area (Å²) in [5.74, 6) is -1.28. The smallest absolute Gasteiger partial charge is 0.131 e. The molecule has 1 atom stereocenters. The molecule has 0 nitrogen and oxygen atoms in total. The monoisotopic (exact) mass is 286 g/mol. The molecule has 0 aliphatic carbocycles. The molecule has 2 aromatic rings. The lowest BCUT2D eigenvalue weighted by Crippen LogP contribution is -2.00. The third-order valence-corrected chi connectivity index (χ3v) is 3.70. The van der Waals surface area contributed by atoms with Crippen molar-refractivity contribution in [2.24, 2.45) is 0 Å². The lowest BCUT2D eigenvalue weighted by molar-refractivity contribution is 0.573. The number of halogens is 4. The average Bonchev–Trinajstić information content (AvgIpc) is 2.32. The number of hydrogen-bond donors (Lipinski definition) is 0. The summed E-state index contributed by atoms with van der Waals surface area (Å²) in [6.45, 7) is 1.81. The van der Waals surface area contributed by atoms with E-state index < -0.39 is 17.0 Å². The van der Waals surface area contributed by atoms with Crippen LogP contribution in [0, 0.1) is 18.6 Å². The quantitative estimate of drug-likeness (QED) is 0.661. The van der Waals surface area contributed by atoms with Gasteiger partial charge in [0, 0.05) is 16.7 Å². The van der Waals surface area contributed by atoms with E-state index in [0.717, 1.165) is 17.2 Å². The average molecular weight is 287 g/mol. The Bertz CT molecular complexity index is 582. The van der Waals surface area contributed by atoms with E-state index in [1.807, 2.05) is 6.92 Å². The van der Waals surface area contributed by atoms with Gasteiger partial charge in [0.05, 0.1) is 5.38 Å². The summed E-state index contributed by atoms with van der Waals surface area (Å²) < 4.78 is 26.5.